The van der Waals surface area contributed by atoms with E-state index in [1.807, 2.05) is 0 Å². The van der Waals surface area contributed by atoms with Crippen molar-refractivity contribution in [2.24, 2.45) is 5.92 Å². The summed E-state index contributed by atoms with van der Waals surface area (Å²) in [5.41, 5.74) is 0. The molecular weight excluding hydrogens is 252 g/mol. The topological polar surface area (TPSA) is 49.4 Å². The first kappa shape index (κ1) is 15.3. The molecule has 114 valence electrons. The molecule has 0 radical (unpaired) electrons. The zero-order valence-electron chi connectivity index (χ0n) is 12.9. The zero-order chi connectivity index (χ0) is 14.5. The van der Waals surface area contributed by atoms with Crippen LogP contribution in [0.25, 0.3) is 0 Å². The molecule has 3 unspecified atom stereocenters. The molecule has 1 saturated carbocycles. The standard InChI is InChI=1S/C16H28N2O2/c1-3-13-9-6-7-11-18(13)16(20)15(19)17-14-10-5-4-8-12(14)2/h12-14H,3-11H2,1-2H3,(H,17,19). The number of likely N-dealkylation sites (tertiary alicyclic amines) is 1. The molecule has 2 amide bonds. The first-order valence-electron chi connectivity index (χ1n) is 8.25. The van der Waals surface area contributed by atoms with Crippen LogP contribution in [0.3, 0.4) is 0 Å². The number of nitrogens with zero attached hydrogens (tertiary/aromatic N) is 1. The molecule has 1 N–H and O–H groups in total. The smallest absolute Gasteiger partial charge is 0.312 e. The molecule has 2 aliphatic rings. The van der Waals surface area contributed by atoms with Crippen molar-refractivity contribution in [3.05, 3.63) is 0 Å². The molecule has 2 fully saturated rings. The van der Waals surface area contributed by atoms with Crippen LogP contribution in [0.15, 0.2) is 0 Å². The van der Waals surface area contributed by atoms with Gasteiger partial charge in [0, 0.05) is 18.6 Å². The van der Waals surface area contributed by atoms with E-state index in [4.69, 9.17) is 0 Å². The normalized spacial score (nSPS) is 30.9. The first-order chi connectivity index (χ1) is 9.63. The third-order valence-electron chi connectivity index (χ3n) is 4.98. The Morgan fingerprint density at radius 3 is 2.50 bits per heavy atom. The van der Waals surface area contributed by atoms with Gasteiger partial charge in [-0.05, 0) is 44.4 Å². The maximum atomic E-state index is 12.4. The van der Waals surface area contributed by atoms with Gasteiger partial charge in [0.05, 0.1) is 0 Å². The number of carbonyl (C=O) groups excluding carboxylic acids is 2. The van der Waals surface area contributed by atoms with Crippen LogP contribution in [0.4, 0.5) is 0 Å². The molecule has 1 aliphatic carbocycles. The second-order valence-corrected chi connectivity index (χ2v) is 6.40. The van der Waals surface area contributed by atoms with Crippen LogP contribution in [0.2, 0.25) is 0 Å². The van der Waals surface area contributed by atoms with Crippen LogP contribution in [0.5, 0.6) is 0 Å². The van der Waals surface area contributed by atoms with E-state index in [1.54, 1.807) is 4.90 Å². The molecule has 4 nitrogen and oxygen atoms in total. The molecule has 1 saturated heterocycles. The van der Waals surface area contributed by atoms with Crippen LogP contribution in [-0.2, 0) is 9.59 Å². The number of nitrogens with one attached hydrogen (secondary N) is 1. The molecule has 3 atom stereocenters. The lowest BCUT2D eigenvalue weighted by Crippen LogP contribution is -2.52. The molecule has 1 aliphatic heterocycles. The quantitative estimate of drug-likeness (QED) is 0.790. The summed E-state index contributed by atoms with van der Waals surface area (Å²) >= 11 is 0. The van der Waals surface area contributed by atoms with Crippen molar-refractivity contribution in [2.45, 2.75) is 77.3 Å². The summed E-state index contributed by atoms with van der Waals surface area (Å²) < 4.78 is 0. The highest BCUT2D eigenvalue weighted by molar-refractivity contribution is 6.35. The van der Waals surface area contributed by atoms with Crippen molar-refractivity contribution in [3.8, 4) is 0 Å². The zero-order valence-corrected chi connectivity index (χ0v) is 12.9. The second kappa shape index (κ2) is 7.09. The fraction of sp³-hybridized carbons (Fsp3) is 0.875. The van der Waals surface area contributed by atoms with Crippen molar-refractivity contribution in [1.82, 2.24) is 10.2 Å². The van der Waals surface area contributed by atoms with Gasteiger partial charge in [-0.1, -0.05) is 26.7 Å². The van der Waals surface area contributed by atoms with Crippen molar-refractivity contribution < 1.29 is 9.59 Å². The molecular formula is C16H28N2O2. The van der Waals surface area contributed by atoms with E-state index in [2.05, 4.69) is 19.2 Å². The van der Waals surface area contributed by atoms with Gasteiger partial charge in [0.1, 0.15) is 0 Å². The summed E-state index contributed by atoms with van der Waals surface area (Å²) in [6.07, 6.45) is 8.74. The van der Waals surface area contributed by atoms with Crippen LogP contribution in [0, 0.1) is 5.92 Å². The predicted molar refractivity (Wildman–Crippen MR) is 79.2 cm³/mol. The minimum absolute atomic E-state index is 0.185. The minimum Gasteiger partial charge on any atom is -0.345 e. The lowest BCUT2D eigenvalue weighted by atomic mass is 9.86. The molecule has 20 heavy (non-hydrogen) atoms. The van der Waals surface area contributed by atoms with E-state index in [1.165, 1.54) is 12.8 Å². The third-order valence-corrected chi connectivity index (χ3v) is 4.98. The summed E-state index contributed by atoms with van der Waals surface area (Å²) in [4.78, 5) is 26.4. The number of amides is 2. The molecule has 0 bridgehead atoms. The van der Waals surface area contributed by atoms with Crippen molar-refractivity contribution in [1.29, 1.82) is 0 Å². The molecule has 0 aromatic heterocycles. The summed E-state index contributed by atoms with van der Waals surface area (Å²) in [5.74, 6) is -0.206. The molecule has 0 aromatic carbocycles. The summed E-state index contributed by atoms with van der Waals surface area (Å²) in [5, 5.41) is 2.98. The minimum atomic E-state index is -0.385. The maximum Gasteiger partial charge on any atom is 0.312 e. The Bertz CT molecular complexity index is 356. The van der Waals surface area contributed by atoms with Gasteiger partial charge in [-0.25, -0.2) is 0 Å². The van der Waals surface area contributed by atoms with E-state index in [0.717, 1.165) is 45.1 Å². The van der Waals surface area contributed by atoms with Gasteiger partial charge < -0.3 is 10.2 Å². The average Bonchev–Trinajstić information content (AvgIpc) is 2.48. The van der Waals surface area contributed by atoms with Gasteiger partial charge in [-0.3, -0.25) is 9.59 Å². The van der Waals surface area contributed by atoms with Crippen molar-refractivity contribution in [3.63, 3.8) is 0 Å². The van der Waals surface area contributed by atoms with Gasteiger partial charge in [0.15, 0.2) is 0 Å². The van der Waals surface area contributed by atoms with E-state index in [0.29, 0.717) is 5.92 Å². The van der Waals surface area contributed by atoms with E-state index in [-0.39, 0.29) is 23.9 Å². The van der Waals surface area contributed by atoms with Gasteiger partial charge in [-0.2, -0.15) is 0 Å². The van der Waals surface area contributed by atoms with Crippen LogP contribution in [0.1, 0.15) is 65.2 Å². The molecule has 4 heteroatoms. The number of carbonyl (C=O) groups is 2. The lowest BCUT2D eigenvalue weighted by Gasteiger charge is -2.36. The predicted octanol–water partition coefficient (Wildman–Crippen LogP) is 2.47. The lowest BCUT2D eigenvalue weighted by molar-refractivity contribution is -0.149. The highest BCUT2D eigenvalue weighted by Gasteiger charge is 2.32. The fourth-order valence-corrected chi connectivity index (χ4v) is 3.58. The second-order valence-electron chi connectivity index (χ2n) is 6.40. The van der Waals surface area contributed by atoms with Gasteiger partial charge in [0.25, 0.3) is 0 Å². The van der Waals surface area contributed by atoms with Crippen LogP contribution in [-0.4, -0.2) is 35.3 Å². The van der Waals surface area contributed by atoms with E-state index in [9.17, 15) is 9.59 Å². The molecule has 2 rings (SSSR count). The molecule has 1 heterocycles. The highest BCUT2D eigenvalue weighted by Crippen LogP contribution is 2.24. The monoisotopic (exact) mass is 280 g/mol. The Labute approximate surface area is 122 Å². The Morgan fingerprint density at radius 2 is 1.80 bits per heavy atom. The summed E-state index contributed by atoms with van der Waals surface area (Å²) in [6.45, 7) is 5.01. The van der Waals surface area contributed by atoms with Gasteiger partial charge >= 0.3 is 11.8 Å². The largest absolute Gasteiger partial charge is 0.345 e. The Balaban J connectivity index is 1.92. The van der Waals surface area contributed by atoms with Crippen molar-refractivity contribution >= 4 is 11.8 Å². The van der Waals surface area contributed by atoms with E-state index >= 15 is 0 Å². The SMILES string of the molecule is CCC1CCCCN1C(=O)C(=O)NC1CCCCC1C. The number of hydrogen-bond acceptors (Lipinski definition) is 2. The van der Waals surface area contributed by atoms with Gasteiger partial charge in [-0.15, -0.1) is 0 Å². The molecule has 0 aromatic rings. The summed E-state index contributed by atoms with van der Waals surface area (Å²) in [6, 6.07) is 0.441. The van der Waals surface area contributed by atoms with E-state index < -0.39 is 0 Å². The fourth-order valence-electron chi connectivity index (χ4n) is 3.58. The number of hydrogen-bond donors (Lipinski definition) is 1. The van der Waals surface area contributed by atoms with Gasteiger partial charge in [0.2, 0.25) is 0 Å². The Kier molecular flexibility index (Phi) is 5.44. The third kappa shape index (κ3) is 3.53. The Morgan fingerprint density at radius 1 is 1.10 bits per heavy atom. The number of rotatable bonds is 2. The van der Waals surface area contributed by atoms with Crippen LogP contribution < -0.4 is 5.32 Å². The maximum absolute atomic E-state index is 12.4. The average molecular weight is 280 g/mol. The summed E-state index contributed by atoms with van der Waals surface area (Å²) in [7, 11) is 0. The number of piperidine rings is 1. The highest BCUT2D eigenvalue weighted by atomic mass is 16.2. The first-order valence-corrected chi connectivity index (χ1v) is 8.25. The van der Waals surface area contributed by atoms with Crippen molar-refractivity contribution in [2.75, 3.05) is 6.54 Å². The Hall–Kier alpha value is -1.06. The molecule has 0 spiro atoms. The van der Waals surface area contributed by atoms with Crippen LogP contribution >= 0.6 is 0 Å².